The molecule has 0 spiro atoms. The molecule has 84 valence electrons. The zero-order chi connectivity index (χ0) is 12.0. The Morgan fingerprint density at radius 1 is 0.571 bits per heavy atom. The van der Waals surface area contributed by atoms with Crippen LogP contribution >= 0.6 is 0 Å². The molecule has 0 unspecified atom stereocenters. The van der Waals surface area contributed by atoms with Crippen LogP contribution in [-0.4, -0.2) is 0 Å². The molecular formula is C14H28. The van der Waals surface area contributed by atoms with Crippen molar-refractivity contribution in [1.29, 1.82) is 0 Å². The minimum Gasteiger partial charge on any atom is -0.0683 e. The first-order valence-corrected chi connectivity index (χ1v) is 5.83. The maximum absolute atomic E-state index is 2.12. The highest BCUT2D eigenvalue weighted by molar-refractivity contribution is 5.23. The Morgan fingerprint density at radius 2 is 0.786 bits per heavy atom. The summed E-state index contributed by atoms with van der Waals surface area (Å²) in [6.07, 6.45) is 0. The van der Waals surface area contributed by atoms with Crippen LogP contribution in [0, 0.1) is 13.8 Å². The van der Waals surface area contributed by atoms with Crippen LogP contribution in [-0.2, 0) is 0 Å². The van der Waals surface area contributed by atoms with Gasteiger partial charge in [0.25, 0.3) is 0 Å². The molecular weight excluding hydrogens is 168 g/mol. The Balaban J connectivity index is -0.000000174. The summed E-state index contributed by atoms with van der Waals surface area (Å²) in [6, 6.07) is 8.36. The van der Waals surface area contributed by atoms with Gasteiger partial charge in [-0.05, 0) is 25.0 Å². The van der Waals surface area contributed by atoms with Crippen LogP contribution in [0.4, 0.5) is 0 Å². The molecule has 1 rings (SSSR count). The van der Waals surface area contributed by atoms with Crippen molar-refractivity contribution in [3.8, 4) is 0 Å². The molecule has 0 nitrogen and oxygen atoms in total. The van der Waals surface area contributed by atoms with E-state index in [1.54, 1.807) is 0 Å². The summed E-state index contributed by atoms with van der Waals surface area (Å²) in [7, 11) is 0. The van der Waals surface area contributed by atoms with E-state index in [1.165, 1.54) is 11.1 Å². The molecule has 0 aliphatic heterocycles. The largest absolute Gasteiger partial charge is 0.0683 e. The van der Waals surface area contributed by atoms with E-state index in [9.17, 15) is 0 Å². The van der Waals surface area contributed by atoms with E-state index in [1.807, 2.05) is 41.5 Å². The Hall–Kier alpha value is -0.780. The summed E-state index contributed by atoms with van der Waals surface area (Å²) in [6.45, 7) is 16.2. The van der Waals surface area contributed by atoms with Gasteiger partial charge in [-0.3, -0.25) is 0 Å². The first-order chi connectivity index (χ1) is 6.80. The normalized spacial score (nSPS) is 6.57. The highest BCUT2D eigenvalue weighted by Gasteiger charge is 1.83. The van der Waals surface area contributed by atoms with Crippen LogP contribution in [0.3, 0.4) is 0 Å². The van der Waals surface area contributed by atoms with Gasteiger partial charge in [-0.1, -0.05) is 65.8 Å². The van der Waals surface area contributed by atoms with Gasteiger partial charge in [-0.15, -0.1) is 0 Å². The minimum absolute atomic E-state index is 1.37. The molecule has 0 fully saturated rings. The Labute approximate surface area is 91.4 Å². The molecule has 0 heteroatoms. The number of benzene rings is 1. The number of hydrogen-bond donors (Lipinski definition) is 0. The van der Waals surface area contributed by atoms with Crippen LogP contribution < -0.4 is 0 Å². The summed E-state index contributed by atoms with van der Waals surface area (Å²) >= 11 is 0. The highest BCUT2D eigenvalue weighted by Crippen LogP contribution is 2.02. The third-order valence-corrected chi connectivity index (χ3v) is 1.43. The standard InChI is InChI=1S/C8H10.3C2H6/c1-7-5-3-4-6-8(7)2;3*1-2/h3-6H,1-2H3;3*1-2H3. The molecule has 0 aromatic heterocycles. The second-order valence-corrected chi connectivity index (χ2v) is 2.08. The summed E-state index contributed by atoms with van der Waals surface area (Å²) < 4.78 is 0. The van der Waals surface area contributed by atoms with E-state index in [0.717, 1.165) is 0 Å². The van der Waals surface area contributed by atoms with Crippen molar-refractivity contribution in [2.75, 3.05) is 0 Å². The van der Waals surface area contributed by atoms with Crippen LogP contribution in [0.2, 0.25) is 0 Å². The SMILES string of the molecule is CC.CC.CC.Cc1ccccc1C. The van der Waals surface area contributed by atoms with Gasteiger partial charge in [0.2, 0.25) is 0 Å². The van der Waals surface area contributed by atoms with Crippen LogP contribution in [0.5, 0.6) is 0 Å². The molecule has 0 saturated heterocycles. The topological polar surface area (TPSA) is 0 Å². The summed E-state index contributed by atoms with van der Waals surface area (Å²) in [5.74, 6) is 0. The molecule has 1 aromatic rings. The van der Waals surface area contributed by atoms with E-state index in [-0.39, 0.29) is 0 Å². The van der Waals surface area contributed by atoms with Crippen molar-refractivity contribution in [3.05, 3.63) is 35.4 Å². The molecule has 0 aliphatic carbocycles. The number of hydrogen-bond acceptors (Lipinski definition) is 0. The van der Waals surface area contributed by atoms with Crippen molar-refractivity contribution in [2.24, 2.45) is 0 Å². The van der Waals surface area contributed by atoms with Gasteiger partial charge in [0, 0.05) is 0 Å². The second kappa shape index (κ2) is 18.1. The fourth-order valence-electron chi connectivity index (χ4n) is 0.663. The summed E-state index contributed by atoms with van der Waals surface area (Å²) in [5, 5.41) is 0. The molecule has 0 N–H and O–H groups in total. The lowest BCUT2D eigenvalue weighted by Crippen LogP contribution is -1.74. The zero-order valence-corrected chi connectivity index (χ0v) is 11.3. The van der Waals surface area contributed by atoms with Crippen LogP contribution in [0.1, 0.15) is 52.7 Å². The molecule has 14 heavy (non-hydrogen) atoms. The minimum atomic E-state index is 1.37. The molecule has 0 aliphatic rings. The number of rotatable bonds is 0. The maximum atomic E-state index is 2.12. The fraction of sp³-hybridized carbons (Fsp3) is 0.571. The van der Waals surface area contributed by atoms with Gasteiger partial charge in [0.1, 0.15) is 0 Å². The average molecular weight is 196 g/mol. The summed E-state index contributed by atoms with van der Waals surface area (Å²) in [4.78, 5) is 0. The van der Waals surface area contributed by atoms with Gasteiger partial charge in [0.15, 0.2) is 0 Å². The van der Waals surface area contributed by atoms with E-state index in [4.69, 9.17) is 0 Å². The second-order valence-electron chi connectivity index (χ2n) is 2.08. The predicted molar refractivity (Wildman–Crippen MR) is 70.0 cm³/mol. The monoisotopic (exact) mass is 196 g/mol. The highest BCUT2D eigenvalue weighted by atomic mass is 13.9. The third kappa shape index (κ3) is 11.2. The molecule has 0 saturated carbocycles. The van der Waals surface area contributed by atoms with Gasteiger partial charge < -0.3 is 0 Å². The Bertz CT molecular complexity index is 156. The van der Waals surface area contributed by atoms with E-state index in [0.29, 0.717) is 0 Å². The van der Waals surface area contributed by atoms with Crippen LogP contribution in [0.15, 0.2) is 24.3 Å². The third-order valence-electron chi connectivity index (χ3n) is 1.43. The van der Waals surface area contributed by atoms with E-state index >= 15 is 0 Å². The lowest BCUT2D eigenvalue weighted by Gasteiger charge is -1.93. The average Bonchev–Trinajstić information content (AvgIpc) is 2.31. The molecule has 0 heterocycles. The molecule has 0 atom stereocenters. The van der Waals surface area contributed by atoms with E-state index in [2.05, 4.69) is 38.1 Å². The lowest BCUT2D eigenvalue weighted by molar-refractivity contribution is 1.34. The fourth-order valence-corrected chi connectivity index (χ4v) is 0.663. The van der Waals surface area contributed by atoms with Gasteiger partial charge in [0.05, 0.1) is 0 Å². The Kier molecular flexibility index (Phi) is 24.4. The Morgan fingerprint density at radius 3 is 0.929 bits per heavy atom. The lowest BCUT2D eigenvalue weighted by atomic mass is 10.1. The van der Waals surface area contributed by atoms with E-state index < -0.39 is 0 Å². The van der Waals surface area contributed by atoms with Crippen LogP contribution in [0.25, 0.3) is 0 Å². The van der Waals surface area contributed by atoms with Crippen molar-refractivity contribution in [2.45, 2.75) is 55.4 Å². The first-order valence-electron chi connectivity index (χ1n) is 5.83. The maximum Gasteiger partial charge on any atom is -0.0395 e. The summed E-state index contributed by atoms with van der Waals surface area (Å²) in [5.41, 5.74) is 2.74. The molecule has 0 amide bonds. The first kappa shape index (κ1) is 18.9. The van der Waals surface area contributed by atoms with Gasteiger partial charge in [-0.25, -0.2) is 0 Å². The predicted octanol–water partition coefficient (Wildman–Crippen LogP) is 5.38. The smallest absolute Gasteiger partial charge is 0.0395 e. The van der Waals surface area contributed by atoms with Gasteiger partial charge >= 0.3 is 0 Å². The van der Waals surface area contributed by atoms with Crippen molar-refractivity contribution in [1.82, 2.24) is 0 Å². The molecule has 0 bridgehead atoms. The molecule has 1 aromatic carbocycles. The van der Waals surface area contributed by atoms with Gasteiger partial charge in [-0.2, -0.15) is 0 Å². The zero-order valence-electron chi connectivity index (χ0n) is 11.3. The van der Waals surface area contributed by atoms with Crippen molar-refractivity contribution < 1.29 is 0 Å². The van der Waals surface area contributed by atoms with Crippen molar-refractivity contribution in [3.63, 3.8) is 0 Å². The van der Waals surface area contributed by atoms with Crippen molar-refractivity contribution >= 4 is 0 Å². The quantitative estimate of drug-likeness (QED) is 0.522. The number of aryl methyl sites for hydroxylation is 2. The molecule has 0 radical (unpaired) electrons.